The molecule has 1 aromatic carbocycles. The lowest BCUT2D eigenvalue weighted by Gasteiger charge is -2.08. The molecule has 0 radical (unpaired) electrons. The Morgan fingerprint density at radius 1 is 1.33 bits per heavy atom. The first kappa shape index (κ1) is 12.7. The number of nitrogens with one attached hydrogen (secondary N) is 1. The summed E-state index contributed by atoms with van der Waals surface area (Å²) in [6.07, 6.45) is 0.836. The number of hydrogen-bond donors (Lipinski definition) is 1. The Labute approximate surface area is 111 Å². The second kappa shape index (κ2) is 5.27. The zero-order chi connectivity index (χ0) is 13.1. The first-order valence-electron chi connectivity index (χ1n) is 5.76. The van der Waals surface area contributed by atoms with Crippen LogP contribution in [0.3, 0.4) is 0 Å². The quantitative estimate of drug-likeness (QED) is 0.905. The third-order valence-electron chi connectivity index (χ3n) is 2.57. The number of carbonyl (C=O) groups excluding carboxylic acids is 1. The fraction of sp³-hybridized carbons (Fsp3) is 0.214. The molecule has 0 aliphatic heterocycles. The van der Waals surface area contributed by atoms with Crippen LogP contribution in [0, 0.1) is 0 Å². The maximum Gasteiger partial charge on any atom is 0.221 e. The number of halogens is 1. The molecular weight excluding hydrogens is 250 g/mol. The summed E-state index contributed by atoms with van der Waals surface area (Å²) < 4.78 is 5.69. The molecule has 1 heterocycles. The van der Waals surface area contributed by atoms with E-state index < -0.39 is 0 Å². The van der Waals surface area contributed by atoms with Crippen molar-refractivity contribution in [1.29, 1.82) is 0 Å². The summed E-state index contributed by atoms with van der Waals surface area (Å²) in [5.74, 6) is 1.50. The van der Waals surface area contributed by atoms with Gasteiger partial charge in [-0.3, -0.25) is 4.79 Å². The summed E-state index contributed by atoms with van der Waals surface area (Å²) in [7, 11) is 0. The van der Waals surface area contributed by atoms with Gasteiger partial charge >= 0.3 is 0 Å². The highest BCUT2D eigenvalue weighted by molar-refractivity contribution is 6.31. The minimum absolute atomic E-state index is 0.138. The van der Waals surface area contributed by atoms with Crippen LogP contribution >= 0.6 is 11.6 Å². The SMILES string of the molecule is CCc1ccc(-c2ccc(Cl)cc2NC(C)=O)o1. The van der Waals surface area contributed by atoms with Gasteiger partial charge in [0.2, 0.25) is 5.91 Å². The molecule has 0 fully saturated rings. The zero-order valence-corrected chi connectivity index (χ0v) is 11.0. The molecule has 0 bridgehead atoms. The molecule has 0 aliphatic carbocycles. The van der Waals surface area contributed by atoms with Gasteiger partial charge in [0.15, 0.2) is 0 Å². The minimum atomic E-state index is -0.138. The molecule has 0 unspecified atom stereocenters. The van der Waals surface area contributed by atoms with Gasteiger partial charge < -0.3 is 9.73 Å². The van der Waals surface area contributed by atoms with Crippen LogP contribution in [0.5, 0.6) is 0 Å². The number of rotatable bonds is 3. The Morgan fingerprint density at radius 3 is 2.72 bits per heavy atom. The summed E-state index contributed by atoms with van der Waals surface area (Å²) in [5, 5.41) is 3.33. The highest BCUT2D eigenvalue weighted by atomic mass is 35.5. The number of benzene rings is 1. The van der Waals surface area contributed by atoms with E-state index in [1.165, 1.54) is 6.92 Å². The van der Waals surface area contributed by atoms with Crippen LogP contribution in [0.4, 0.5) is 5.69 Å². The van der Waals surface area contributed by atoms with Crippen LogP contribution in [0.15, 0.2) is 34.7 Å². The Bertz CT molecular complexity index is 575. The average molecular weight is 264 g/mol. The molecule has 94 valence electrons. The molecule has 0 aliphatic rings. The first-order chi connectivity index (χ1) is 8.60. The highest BCUT2D eigenvalue weighted by Crippen LogP contribution is 2.32. The highest BCUT2D eigenvalue weighted by Gasteiger charge is 2.10. The van der Waals surface area contributed by atoms with E-state index in [1.54, 1.807) is 12.1 Å². The van der Waals surface area contributed by atoms with Gasteiger partial charge in [-0.15, -0.1) is 0 Å². The summed E-state index contributed by atoms with van der Waals surface area (Å²) in [4.78, 5) is 11.2. The Kier molecular flexibility index (Phi) is 3.72. The average Bonchev–Trinajstić information content (AvgIpc) is 2.77. The molecule has 0 saturated carbocycles. The molecule has 1 N–H and O–H groups in total. The predicted molar refractivity (Wildman–Crippen MR) is 72.8 cm³/mol. The van der Waals surface area contributed by atoms with Crippen molar-refractivity contribution in [2.45, 2.75) is 20.3 Å². The smallest absolute Gasteiger partial charge is 0.221 e. The van der Waals surface area contributed by atoms with E-state index in [0.717, 1.165) is 23.5 Å². The fourth-order valence-electron chi connectivity index (χ4n) is 1.74. The van der Waals surface area contributed by atoms with E-state index in [0.29, 0.717) is 10.7 Å². The maximum absolute atomic E-state index is 11.2. The summed E-state index contributed by atoms with van der Waals surface area (Å²) in [6.45, 7) is 3.49. The van der Waals surface area contributed by atoms with Crippen molar-refractivity contribution in [3.8, 4) is 11.3 Å². The van der Waals surface area contributed by atoms with Crippen molar-refractivity contribution in [2.24, 2.45) is 0 Å². The largest absolute Gasteiger partial charge is 0.461 e. The first-order valence-corrected chi connectivity index (χ1v) is 6.14. The monoisotopic (exact) mass is 263 g/mol. The number of hydrogen-bond acceptors (Lipinski definition) is 2. The van der Waals surface area contributed by atoms with Gasteiger partial charge in [-0.2, -0.15) is 0 Å². The van der Waals surface area contributed by atoms with E-state index in [9.17, 15) is 4.79 Å². The van der Waals surface area contributed by atoms with Crippen LogP contribution in [0.25, 0.3) is 11.3 Å². The van der Waals surface area contributed by atoms with Crippen LogP contribution in [0.1, 0.15) is 19.6 Å². The molecule has 3 nitrogen and oxygen atoms in total. The van der Waals surface area contributed by atoms with E-state index in [-0.39, 0.29) is 5.91 Å². The van der Waals surface area contributed by atoms with Gasteiger partial charge in [-0.05, 0) is 30.3 Å². The maximum atomic E-state index is 11.2. The number of aryl methyl sites for hydroxylation is 1. The van der Waals surface area contributed by atoms with Crippen molar-refractivity contribution in [3.05, 3.63) is 41.1 Å². The molecular formula is C14H14ClNO2. The number of anilines is 1. The fourth-order valence-corrected chi connectivity index (χ4v) is 1.91. The van der Waals surface area contributed by atoms with Crippen molar-refractivity contribution >= 4 is 23.2 Å². The van der Waals surface area contributed by atoms with Gasteiger partial charge in [0.05, 0.1) is 5.69 Å². The lowest BCUT2D eigenvalue weighted by atomic mass is 10.1. The number of carbonyl (C=O) groups is 1. The number of furan rings is 1. The molecule has 1 amide bonds. The molecule has 0 saturated heterocycles. The Balaban J connectivity index is 2.45. The number of amides is 1. The third kappa shape index (κ3) is 2.74. The molecule has 2 rings (SSSR count). The molecule has 2 aromatic rings. The second-order valence-corrected chi connectivity index (χ2v) is 4.43. The van der Waals surface area contributed by atoms with Gasteiger partial charge in [0.25, 0.3) is 0 Å². The van der Waals surface area contributed by atoms with E-state index in [2.05, 4.69) is 5.32 Å². The second-order valence-electron chi connectivity index (χ2n) is 3.99. The van der Waals surface area contributed by atoms with E-state index >= 15 is 0 Å². The third-order valence-corrected chi connectivity index (χ3v) is 2.80. The Morgan fingerprint density at radius 2 is 2.11 bits per heavy atom. The molecule has 18 heavy (non-hydrogen) atoms. The van der Waals surface area contributed by atoms with Gasteiger partial charge in [-0.25, -0.2) is 0 Å². The minimum Gasteiger partial charge on any atom is -0.461 e. The molecule has 0 atom stereocenters. The van der Waals surface area contributed by atoms with Crippen LogP contribution in [0.2, 0.25) is 5.02 Å². The van der Waals surface area contributed by atoms with Crippen molar-refractivity contribution in [2.75, 3.05) is 5.32 Å². The van der Waals surface area contributed by atoms with Crippen molar-refractivity contribution in [3.63, 3.8) is 0 Å². The van der Waals surface area contributed by atoms with Crippen LogP contribution < -0.4 is 5.32 Å². The standard InChI is InChI=1S/C14H14ClNO2/c1-3-11-5-7-14(18-11)12-6-4-10(15)8-13(12)16-9(2)17/h4-8H,3H2,1-2H3,(H,16,17). The Hall–Kier alpha value is -1.74. The van der Waals surface area contributed by atoms with Gasteiger partial charge in [-0.1, -0.05) is 18.5 Å². The van der Waals surface area contributed by atoms with Crippen molar-refractivity contribution < 1.29 is 9.21 Å². The summed E-state index contributed by atoms with van der Waals surface area (Å²) >= 11 is 5.94. The lowest BCUT2D eigenvalue weighted by molar-refractivity contribution is -0.114. The summed E-state index contributed by atoms with van der Waals surface area (Å²) in [5.41, 5.74) is 1.49. The molecule has 1 aromatic heterocycles. The lowest BCUT2D eigenvalue weighted by Crippen LogP contribution is -2.06. The molecule has 0 spiro atoms. The predicted octanol–water partition coefficient (Wildman–Crippen LogP) is 4.12. The zero-order valence-electron chi connectivity index (χ0n) is 10.3. The van der Waals surface area contributed by atoms with E-state index in [4.69, 9.17) is 16.0 Å². The molecule has 4 heteroatoms. The summed E-state index contributed by atoms with van der Waals surface area (Å²) in [6, 6.07) is 9.16. The van der Waals surface area contributed by atoms with Gasteiger partial charge in [0, 0.05) is 23.9 Å². The van der Waals surface area contributed by atoms with Crippen molar-refractivity contribution in [1.82, 2.24) is 0 Å². The van der Waals surface area contributed by atoms with Crippen LogP contribution in [-0.4, -0.2) is 5.91 Å². The van der Waals surface area contributed by atoms with E-state index in [1.807, 2.05) is 25.1 Å². The van der Waals surface area contributed by atoms with Crippen LogP contribution in [-0.2, 0) is 11.2 Å². The normalized spacial score (nSPS) is 10.4. The van der Waals surface area contributed by atoms with Gasteiger partial charge in [0.1, 0.15) is 11.5 Å². The topological polar surface area (TPSA) is 42.2 Å².